The fourth-order valence-corrected chi connectivity index (χ4v) is 1.32. The van der Waals surface area contributed by atoms with E-state index in [4.69, 9.17) is 4.74 Å². The first kappa shape index (κ1) is 10.8. The minimum atomic E-state index is -0.714. The summed E-state index contributed by atoms with van der Waals surface area (Å²) >= 11 is 0. The van der Waals surface area contributed by atoms with Gasteiger partial charge in [-0.15, -0.1) is 0 Å². The number of hydrogen-bond donors (Lipinski definition) is 2. The first-order valence-electron chi connectivity index (χ1n) is 4.96. The molecule has 6 heteroatoms. The standard InChI is InChI=1S/C10H12FN3O2/c1-12-10(15)9-8(11)7(2-3-14-9)16-6-4-13-5-6/h2-3,6,13H,4-5H2,1H3,(H,12,15). The molecule has 0 saturated carbocycles. The number of nitrogens with one attached hydrogen (secondary N) is 2. The third kappa shape index (κ3) is 1.96. The van der Waals surface area contributed by atoms with E-state index in [1.54, 1.807) is 0 Å². The molecule has 0 aromatic carbocycles. The number of nitrogens with zero attached hydrogens (tertiary/aromatic N) is 1. The molecule has 1 aliphatic heterocycles. The van der Waals surface area contributed by atoms with E-state index in [9.17, 15) is 9.18 Å². The van der Waals surface area contributed by atoms with Gasteiger partial charge in [0.05, 0.1) is 0 Å². The highest BCUT2D eigenvalue weighted by atomic mass is 19.1. The van der Waals surface area contributed by atoms with Crippen molar-refractivity contribution in [2.24, 2.45) is 0 Å². The van der Waals surface area contributed by atoms with Crippen LogP contribution in [-0.4, -0.2) is 37.1 Å². The zero-order valence-electron chi connectivity index (χ0n) is 8.79. The topological polar surface area (TPSA) is 63.2 Å². The van der Waals surface area contributed by atoms with Gasteiger partial charge in [-0.25, -0.2) is 9.37 Å². The molecule has 1 aromatic heterocycles. The van der Waals surface area contributed by atoms with Gasteiger partial charge in [0.2, 0.25) is 0 Å². The van der Waals surface area contributed by atoms with Crippen LogP contribution in [0.2, 0.25) is 0 Å². The van der Waals surface area contributed by atoms with Gasteiger partial charge in [0.25, 0.3) is 5.91 Å². The van der Waals surface area contributed by atoms with Crippen molar-refractivity contribution in [2.45, 2.75) is 6.10 Å². The number of ether oxygens (including phenoxy) is 1. The fraction of sp³-hybridized carbons (Fsp3) is 0.400. The number of amides is 1. The predicted octanol–water partition coefficient (Wildman–Crippen LogP) is -0.0691. The molecule has 86 valence electrons. The second-order valence-electron chi connectivity index (χ2n) is 3.45. The lowest BCUT2D eigenvalue weighted by Gasteiger charge is -2.27. The third-order valence-electron chi connectivity index (χ3n) is 2.33. The summed E-state index contributed by atoms with van der Waals surface area (Å²) in [6.45, 7) is 1.38. The fourth-order valence-electron chi connectivity index (χ4n) is 1.32. The molecule has 0 unspecified atom stereocenters. The molecule has 2 heterocycles. The lowest BCUT2D eigenvalue weighted by molar-refractivity contribution is 0.0948. The minimum absolute atomic E-state index is 0.0329. The molecule has 16 heavy (non-hydrogen) atoms. The molecule has 1 fully saturated rings. The van der Waals surface area contributed by atoms with Crippen LogP contribution in [-0.2, 0) is 0 Å². The summed E-state index contributed by atoms with van der Waals surface area (Å²) in [5.74, 6) is -1.21. The van der Waals surface area contributed by atoms with Crippen LogP contribution in [0.25, 0.3) is 0 Å². The van der Waals surface area contributed by atoms with Gasteiger partial charge in [0, 0.05) is 32.4 Å². The van der Waals surface area contributed by atoms with Gasteiger partial charge >= 0.3 is 0 Å². The predicted molar refractivity (Wildman–Crippen MR) is 54.9 cm³/mol. The van der Waals surface area contributed by atoms with Crippen LogP contribution < -0.4 is 15.4 Å². The van der Waals surface area contributed by atoms with Gasteiger partial charge in [-0.3, -0.25) is 4.79 Å². The quantitative estimate of drug-likeness (QED) is 0.756. The molecule has 0 spiro atoms. The maximum atomic E-state index is 13.8. The summed E-state index contributed by atoms with van der Waals surface area (Å²) in [4.78, 5) is 15.0. The Bertz CT molecular complexity index is 407. The molecule has 1 saturated heterocycles. The van der Waals surface area contributed by atoms with Crippen molar-refractivity contribution in [3.8, 4) is 5.75 Å². The summed E-state index contributed by atoms with van der Waals surface area (Å²) in [5.41, 5.74) is -0.243. The number of pyridine rings is 1. The van der Waals surface area contributed by atoms with Gasteiger partial charge in [-0.1, -0.05) is 0 Å². The van der Waals surface area contributed by atoms with Crippen molar-refractivity contribution in [3.63, 3.8) is 0 Å². The van der Waals surface area contributed by atoms with Gasteiger partial charge in [-0.05, 0) is 0 Å². The second kappa shape index (κ2) is 4.44. The molecular formula is C10H12FN3O2. The zero-order chi connectivity index (χ0) is 11.5. The van der Waals surface area contributed by atoms with Crippen molar-refractivity contribution in [3.05, 3.63) is 23.8 Å². The number of carbonyl (C=O) groups excluding carboxylic acids is 1. The van der Waals surface area contributed by atoms with Crippen molar-refractivity contribution in [2.75, 3.05) is 20.1 Å². The summed E-state index contributed by atoms with van der Waals surface area (Å²) in [5, 5.41) is 5.33. The van der Waals surface area contributed by atoms with Gasteiger partial charge in [0.15, 0.2) is 17.3 Å². The Hall–Kier alpha value is -1.69. The molecule has 5 nitrogen and oxygen atoms in total. The molecule has 0 atom stereocenters. The van der Waals surface area contributed by atoms with Crippen molar-refractivity contribution < 1.29 is 13.9 Å². The van der Waals surface area contributed by atoms with Gasteiger partial charge < -0.3 is 15.4 Å². The number of aromatic nitrogens is 1. The molecule has 0 radical (unpaired) electrons. The van der Waals surface area contributed by atoms with Gasteiger partial charge in [-0.2, -0.15) is 0 Å². The molecule has 2 N–H and O–H groups in total. The second-order valence-corrected chi connectivity index (χ2v) is 3.45. The number of rotatable bonds is 3. The third-order valence-corrected chi connectivity index (χ3v) is 2.33. The van der Waals surface area contributed by atoms with Crippen LogP contribution >= 0.6 is 0 Å². The van der Waals surface area contributed by atoms with Crippen molar-refractivity contribution in [1.29, 1.82) is 0 Å². The normalized spacial score (nSPS) is 15.4. The minimum Gasteiger partial charge on any atom is -0.485 e. The van der Waals surface area contributed by atoms with Crippen LogP contribution in [0.3, 0.4) is 0 Å². The van der Waals surface area contributed by atoms with Crippen molar-refractivity contribution >= 4 is 5.91 Å². The summed E-state index contributed by atoms with van der Waals surface area (Å²) in [6, 6.07) is 1.42. The Balaban J connectivity index is 2.21. The molecule has 1 amide bonds. The van der Waals surface area contributed by atoms with E-state index >= 15 is 0 Å². The SMILES string of the molecule is CNC(=O)c1nccc(OC2CNC2)c1F. The average Bonchev–Trinajstić information content (AvgIpc) is 2.24. The van der Waals surface area contributed by atoms with E-state index in [2.05, 4.69) is 15.6 Å². The average molecular weight is 225 g/mol. The Morgan fingerprint density at radius 1 is 1.69 bits per heavy atom. The highest BCUT2D eigenvalue weighted by molar-refractivity contribution is 5.92. The smallest absolute Gasteiger partial charge is 0.272 e. The molecule has 0 aliphatic carbocycles. The highest BCUT2D eigenvalue weighted by Gasteiger charge is 2.22. The summed E-state index contributed by atoms with van der Waals surface area (Å²) in [6.07, 6.45) is 1.32. The summed E-state index contributed by atoms with van der Waals surface area (Å²) in [7, 11) is 1.42. The molecule has 1 aromatic rings. The Morgan fingerprint density at radius 2 is 2.44 bits per heavy atom. The van der Waals surface area contributed by atoms with E-state index in [0.717, 1.165) is 0 Å². The molecule has 0 bridgehead atoms. The lowest BCUT2D eigenvalue weighted by atomic mass is 10.2. The maximum Gasteiger partial charge on any atom is 0.272 e. The number of halogens is 1. The highest BCUT2D eigenvalue weighted by Crippen LogP contribution is 2.20. The van der Waals surface area contributed by atoms with Crippen LogP contribution in [0.4, 0.5) is 4.39 Å². The van der Waals surface area contributed by atoms with E-state index < -0.39 is 11.7 Å². The largest absolute Gasteiger partial charge is 0.485 e. The maximum absolute atomic E-state index is 13.8. The Kier molecular flexibility index (Phi) is 3.00. The van der Waals surface area contributed by atoms with E-state index in [1.165, 1.54) is 19.3 Å². The van der Waals surface area contributed by atoms with E-state index in [1.807, 2.05) is 0 Å². The lowest BCUT2D eigenvalue weighted by Crippen LogP contribution is -2.50. The Labute approximate surface area is 92.0 Å². The van der Waals surface area contributed by atoms with Crippen LogP contribution in [0.1, 0.15) is 10.5 Å². The zero-order valence-corrected chi connectivity index (χ0v) is 8.79. The summed E-state index contributed by atoms with van der Waals surface area (Å²) < 4.78 is 19.1. The van der Waals surface area contributed by atoms with E-state index in [-0.39, 0.29) is 17.5 Å². The monoisotopic (exact) mass is 225 g/mol. The molecule has 1 aliphatic rings. The number of carbonyl (C=O) groups is 1. The van der Waals surface area contributed by atoms with Gasteiger partial charge in [0.1, 0.15) is 6.10 Å². The Morgan fingerprint density at radius 3 is 3.00 bits per heavy atom. The van der Waals surface area contributed by atoms with E-state index in [0.29, 0.717) is 13.1 Å². The molecular weight excluding hydrogens is 213 g/mol. The van der Waals surface area contributed by atoms with Crippen LogP contribution in [0, 0.1) is 5.82 Å². The first-order valence-corrected chi connectivity index (χ1v) is 4.96. The van der Waals surface area contributed by atoms with Crippen molar-refractivity contribution in [1.82, 2.24) is 15.6 Å². The molecule has 2 rings (SSSR count). The first-order chi connectivity index (χ1) is 7.72. The van der Waals surface area contributed by atoms with Crippen LogP contribution in [0.15, 0.2) is 12.3 Å². The number of hydrogen-bond acceptors (Lipinski definition) is 4. The van der Waals surface area contributed by atoms with Crippen LogP contribution in [0.5, 0.6) is 5.75 Å².